The van der Waals surface area contributed by atoms with Crippen molar-refractivity contribution in [2.75, 3.05) is 19.6 Å². The molecule has 2 aliphatic rings. The maximum Gasteiger partial charge on any atom is 0.0224 e. The minimum atomic E-state index is 0.678. The second kappa shape index (κ2) is 5.32. The fraction of sp³-hybridized carbons (Fsp3) is 0.733. The van der Waals surface area contributed by atoms with Gasteiger partial charge in [0.2, 0.25) is 0 Å². The molecule has 3 unspecified atom stereocenters. The minimum absolute atomic E-state index is 0.678. The van der Waals surface area contributed by atoms with Crippen LogP contribution in [0.4, 0.5) is 0 Å². The predicted octanol–water partition coefficient (Wildman–Crippen LogP) is 2.85. The van der Waals surface area contributed by atoms with Gasteiger partial charge in [-0.25, -0.2) is 0 Å². The Labute approximate surface area is 115 Å². The lowest BCUT2D eigenvalue weighted by molar-refractivity contribution is 0.0332. The molecule has 3 rings (SSSR count). The van der Waals surface area contributed by atoms with Gasteiger partial charge >= 0.3 is 0 Å². The van der Waals surface area contributed by atoms with Gasteiger partial charge in [0.05, 0.1) is 0 Å². The summed E-state index contributed by atoms with van der Waals surface area (Å²) in [6.07, 6.45) is 4.03. The summed E-state index contributed by atoms with van der Waals surface area (Å²) in [6, 6.07) is 4.51. The van der Waals surface area contributed by atoms with E-state index >= 15 is 0 Å². The van der Waals surface area contributed by atoms with Crippen LogP contribution in [0, 0.1) is 0 Å². The van der Waals surface area contributed by atoms with Crippen LogP contribution in [0.5, 0.6) is 0 Å². The molecule has 3 heterocycles. The first-order chi connectivity index (χ1) is 8.74. The Bertz CT molecular complexity index is 376. The SMILES string of the molecule is CC(Cc1ccsc1)N1CC2CCCN2CC1C. The standard InChI is InChI=1S/C15H24N2S/c1-12(8-14-5-7-18-11-14)17-10-15-4-3-6-16(15)9-13(17)2/h5,7,11-13,15H,3-4,6,8-10H2,1-2H3. The van der Waals surface area contributed by atoms with Crippen LogP contribution in [0.2, 0.25) is 0 Å². The van der Waals surface area contributed by atoms with Crippen LogP contribution < -0.4 is 0 Å². The van der Waals surface area contributed by atoms with E-state index in [0.29, 0.717) is 12.1 Å². The highest BCUT2D eigenvalue weighted by Crippen LogP contribution is 2.26. The number of fused-ring (bicyclic) bond motifs is 1. The summed E-state index contributed by atoms with van der Waals surface area (Å²) in [6.45, 7) is 8.70. The van der Waals surface area contributed by atoms with Gasteiger partial charge < -0.3 is 0 Å². The molecular formula is C15H24N2S. The van der Waals surface area contributed by atoms with E-state index in [1.165, 1.54) is 44.5 Å². The van der Waals surface area contributed by atoms with Crippen molar-refractivity contribution < 1.29 is 0 Å². The first kappa shape index (κ1) is 12.6. The van der Waals surface area contributed by atoms with Gasteiger partial charge in [0.15, 0.2) is 0 Å². The van der Waals surface area contributed by atoms with Crippen molar-refractivity contribution in [3.8, 4) is 0 Å². The quantitative estimate of drug-likeness (QED) is 0.828. The second-order valence-electron chi connectivity index (χ2n) is 6.02. The predicted molar refractivity (Wildman–Crippen MR) is 78.2 cm³/mol. The van der Waals surface area contributed by atoms with Crippen molar-refractivity contribution in [3.63, 3.8) is 0 Å². The summed E-state index contributed by atoms with van der Waals surface area (Å²) in [4.78, 5) is 5.45. The van der Waals surface area contributed by atoms with Gasteiger partial charge in [-0.1, -0.05) is 0 Å². The second-order valence-corrected chi connectivity index (χ2v) is 6.80. The van der Waals surface area contributed by atoms with E-state index < -0.39 is 0 Å². The fourth-order valence-electron chi connectivity index (χ4n) is 3.69. The summed E-state index contributed by atoms with van der Waals surface area (Å²) in [5.74, 6) is 0. The van der Waals surface area contributed by atoms with E-state index in [-0.39, 0.29) is 0 Å². The lowest BCUT2D eigenvalue weighted by Gasteiger charge is -2.45. The lowest BCUT2D eigenvalue weighted by Crippen LogP contribution is -2.57. The Morgan fingerprint density at radius 3 is 3.11 bits per heavy atom. The van der Waals surface area contributed by atoms with Gasteiger partial charge in [-0.15, -0.1) is 0 Å². The third kappa shape index (κ3) is 2.49. The van der Waals surface area contributed by atoms with E-state index in [4.69, 9.17) is 0 Å². The molecule has 0 aliphatic carbocycles. The normalized spacial score (nSPS) is 31.4. The molecule has 0 bridgehead atoms. The molecule has 2 aliphatic heterocycles. The molecule has 0 aromatic carbocycles. The summed E-state index contributed by atoms with van der Waals surface area (Å²) in [5, 5.41) is 4.49. The summed E-state index contributed by atoms with van der Waals surface area (Å²) < 4.78 is 0. The first-order valence-electron chi connectivity index (χ1n) is 7.25. The van der Waals surface area contributed by atoms with Crippen LogP contribution in [0.25, 0.3) is 0 Å². The number of thiophene rings is 1. The molecule has 3 atom stereocenters. The number of hydrogen-bond acceptors (Lipinski definition) is 3. The van der Waals surface area contributed by atoms with Crippen LogP contribution in [0.15, 0.2) is 16.8 Å². The van der Waals surface area contributed by atoms with E-state index in [0.717, 1.165) is 6.04 Å². The van der Waals surface area contributed by atoms with Crippen molar-refractivity contribution in [3.05, 3.63) is 22.4 Å². The monoisotopic (exact) mass is 264 g/mol. The Hall–Kier alpha value is -0.380. The molecule has 18 heavy (non-hydrogen) atoms. The molecule has 0 N–H and O–H groups in total. The zero-order valence-corrected chi connectivity index (χ0v) is 12.3. The number of piperazine rings is 1. The van der Waals surface area contributed by atoms with Crippen molar-refractivity contribution in [1.82, 2.24) is 9.80 Å². The van der Waals surface area contributed by atoms with Gasteiger partial charge in [-0.3, -0.25) is 9.80 Å². The van der Waals surface area contributed by atoms with Crippen LogP contribution >= 0.6 is 11.3 Å². The molecule has 0 spiro atoms. The topological polar surface area (TPSA) is 6.48 Å². The molecule has 2 nitrogen and oxygen atoms in total. The van der Waals surface area contributed by atoms with E-state index in [1.807, 2.05) is 11.3 Å². The molecule has 3 heteroatoms. The average molecular weight is 264 g/mol. The molecular weight excluding hydrogens is 240 g/mol. The van der Waals surface area contributed by atoms with Crippen LogP contribution in [-0.2, 0) is 6.42 Å². The van der Waals surface area contributed by atoms with Crippen LogP contribution in [0.1, 0.15) is 32.3 Å². The molecule has 1 aromatic heterocycles. The Morgan fingerprint density at radius 2 is 2.33 bits per heavy atom. The average Bonchev–Trinajstić information content (AvgIpc) is 2.98. The zero-order valence-electron chi connectivity index (χ0n) is 11.5. The molecule has 2 saturated heterocycles. The third-order valence-electron chi connectivity index (χ3n) is 4.66. The Balaban J connectivity index is 1.63. The Morgan fingerprint density at radius 1 is 1.44 bits per heavy atom. The largest absolute Gasteiger partial charge is 0.298 e. The van der Waals surface area contributed by atoms with E-state index in [1.54, 1.807) is 0 Å². The van der Waals surface area contributed by atoms with Gasteiger partial charge in [-0.05, 0) is 62.0 Å². The molecule has 1 aromatic rings. The first-order valence-corrected chi connectivity index (χ1v) is 8.19. The Kier molecular flexibility index (Phi) is 3.73. The van der Waals surface area contributed by atoms with Gasteiger partial charge in [0.25, 0.3) is 0 Å². The minimum Gasteiger partial charge on any atom is -0.298 e. The van der Waals surface area contributed by atoms with Crippen LogP contribution in [0.3, 0.4) is 0 Å². The van der Waals surface area contributed by atoms with Crippen molar-refractivity contribution in [2.24, 2.45) is 0 Å². The highest BCUT2D eigenvalue weighted by Gasteiger charge is 2.35. The van der Waals surface area contributed by atoms with Crippen molar-refractivity contribution in [2.45, 2.75) is 51.2 Å². The molecule has 0 amide bonds. The smallest absolute Gasteiger partial charge is 0.0224 e. The number of rotatable bonds is 3. The summed E-state index contributed by atoms with van der Waals surface area (Å²) in [5.41, 5.74) is 1.51. The van der Waals surface area contributed by atoms with Gasteiger partial charge in [0, 0.05) is 31.2 Å². The van der Waals surface area contributed by atoms with E-state index in [2.05, 4.69) is 40.5 Å². The molecule has 0 radical (unpaired) electrons. The van der Waals surface area contributed by atoms with Gasteiger partial charge in [0.1, 0.15) is 0 Å². The highest BCUT2D eigenvalue weighted by molar-refractivity contribution is 7.07. The molecule has 0 saturated carbocycles. The zero-order chi connectivity index (χ0) is 12.5. The third-order valence-corrected chi connectivity index (χ3v) is 5.39. The molecule has 100 valence electrons. The van der Waals surface area contributed by atoms with Crippen molar-refractivity contribution >= 4 is 11.3 Å². The highest BCUT2D eigenvalue weighted by atomic mass is 32.1. The maximum atomic E-state index is 2.74. The lowest BCUT2D eigenvalue weighted by atomic mass is 10.0. The fourth-order valence-corrected chi connectivity index (χ4v) is 4.37. The number of nitrogens with zero attached hydrogens (tertiary/aromatic N) is 2. The number of hydrogen-bond donors (Lipinski definition) is 0. The van der Waals surface area contributed by atoms with E-state index in [9.17, 15) is 0 Å². The van der Waals surface area contributed by atoms with Crippen molar-refractivity contribution in [1.29, 1.82) is 0 Å². The summed E-state index contributed by atoms with van der Waals surface area (Å²) >= 11 is 1.82. The molecule has 2 fully saturated rings. The summed E-state index contributed by atoms with van der Waals surface area (Å²) in [7, 11) is 0. The van der Waals surface area contributed by atoms with Gasteiger partial charge in [-0.2, -0.15) is 11.3 Å². The maximum absolute atomic E-state index is 2.74. The van der Waals surface area contributed by atoms with Crippen LogP contribution in [-0.4, -0.2) is 47.6 Å².